The Morgan fingerprint density at radius 3 is 2.52 bits per heavy atom. The molecule has 0 saturated heterocycles. The van der Waals surface area contributed by atoms with Gasteiger partial charge in [0.1, 0.15) is 12.2 Å². The highest BCUT2D eigenvalue weighted by molar-refractivity contribution is 7.90. The lowest BCUT2D eigenvalue weighted by Gasteiger charge is -2.01. The number of aromatic nitrogens is 5. The highest BCUT2D eigenvalue weighted by Gasteiger charge is 2.14. The summed E-state index contributed by atoms with van der Waals surface area (Å²) in [5.74, 6) is -0.276. The molecular weight excluding hydrogens is 456 g/mol. The molecule has 3 aromatic heterocycles. The molecule has 9 nitrogen and oxygen atoms in total. The minimum atomic E-state index is -3.26. The van der Waals surface area contributed by atoms with Gasteiger partial charge in [-0.2, -0.15) is 0 Å². The van der Waals surface area contributed by atoms with Crippen molar-refractivity contribution in [2.45, 2.75) is 25.3 Å². The van der Waals surface area contributed by atoms with Gasteiger partial charge in [-0.05, 0) is 26.0 Å². The number of aryl methyl sites for hydroxylation is 2. The van der Waals surface area contributed by atoms with E-state index in [9.17, 15) is 13.2 Å². The SMILES string of the molecule is Cc1nc(C)c(-c2csc(NC(=O)Cn3cc(-c4ccc(S(C)(=O)=O)cc4)nn3)n2)s1. The van der Waals surface area contributed by atoms with E-state index in [4.69, 9.17) is 0 Å². The Labute approximate surface area is 186 Å². The van der Waals surface area contributed by atoms with Crippen LogP contribution in [0, 0.1) is 13.8 Å². The zero-order chi connectivity index (χ0) is 22.2. The summed E-state index contributed by atoms with van der Waals surface area (Å²) in [5.41, 5.74) is 2.97. The van der Waals surface area contributed by atoms with Gasteiger partial charge in [0.15, 0.2) is 15.0 Å². The lowest BCUT2D eigenvalue weighted by molar-refractivity contribution is -0.116. The number of carbonyl (C=O) groups excluding carboxylic acids is 1. The second-order valence-electron chi connectivity index (χ2n) is 6.83. The van der Waals surface area contributed by atoms with Crippen LogP contribution in [0.4, 0.5) is 5.13 Å². The Morgan fingerprint density at radius 1 is 1.13 bits per heavy atom. The lowest BCUT2D eigenvalue weighted by atomic mass is 10.2. The summed E-state index contributed by atoms with van der Waals surface area (Å²) in [6, 6.07) is 6.35. The molecule has 1 amide bonds. The first kappa shape index (κ1) is 21.3. The molecule has 4 aromatic rings. The van der Waals surface area contributed by atoms with Gasteiger partial charge in [0, 0.05) is 17.2 Å². The summed E-state index contributed by atoms with van der Waals surface area (Å²) in [4.78, 5) is 22.5. The van der Waals surface area contributed by atoms with E-state index in [2.05, 4.69) is 25.6 Å². The van der Waals surface area contributed by atoms with Crippen LogP contribution in [-0.4, -0.2) is 45.5 Å². The number of carbonyl (C=O) groups is 1. The molecule has 0 saturated carbocycles. The van der Waals surface area contributed by atoms with Crippen molar-refractivity contribution < 1.29 is 13.2 Å². The van der Waals surface area contributed by atoms with E-state index in [1.807, 2.05) is 19.2 Å². The number of hydrogen-bond donors (Lipinski definition) is 1. The number of anilines is 1. The van der Waals surface area contributed by atoms with Crippen LogP contribution in [0.1, 0.15) is 10.7 Å². The number of nitrogens with zero attached hydrogens (tertiary/aromatic N) is 5. The fraction of sp³-hybridized carbons (Fsp3) is 0.211. The minimum absolute atomic E-state index is 0.0258. The second kappa shape index (κ2) is 8.29. The van der Waals surface area contributed by atoms with Crippen LogP contribution >= 0.6 is 22.7 Å². The average Bonchev–Trinajstić information content (AvgIpc) is 3.42. The number of hydrogen-bond acceptors (Lipinski definition) is 9. The Morgan fingerprint density at radius 2 is 1.87 bits per heavy atom. The fourth-order valence-electron chi connectivity index (χ4n) is 2.89. The van der Waals surface area contributed by atoms with Crippen LogP contribution in [0.25, 0.3) is 21.8 Å². The summed E-state index contributed by atoms with van der Waals surface area (Å²) in [5, 5.41) is 14.2. The van der Waals surface area contributed by atoms with Crippen molar-refractivity contribution in [3.05, 3.63) is 46.5 Å². The molecule has 1 N–H and O–H groups in total. The molecule has 0 radical (unpaired) electrons. The highest BCUT2D eigenvalue weighted by atomic mass is 32.2. The Hall–Kier alpha value is -2.96. The van der Waals surface area contributed by atoms with Crippen LogP contribution in [-0.2, 0) is 21.2 Å². The van der Waals surface area contributed by atoms with Gasteiger partial charge in [-0.25, -0.2) is 23.1 Å². The molecular formula is C19H18N6O3S3. The van der Waals surface area contributed by atoms with Gasteiger partial charge in [-0.15, -0.1) is 27.8 Å². The predicted octanol–water partition coefficient (Wildman–Crippen LogP) is 3.18. The van der Waals surface area contributed by atoms with E-state index in [1.165, 1.54) is 28.2 Å². The molecule has 0 bridgehead atoms. The molecule has 160 valence electrons. The largest absolute Gasteiger partial charge is 0.300 e. The van der Waals surface area contributed by atoms with Crippen molar-refractivity contribution in [2.24, 2.45) is 0 Å². The molecule has 1 aromatic carbocycles. The monoisotopic (exact) mass is 474 g/mol. The molecule has 0 aliphatic carbocycles. The van der Waals surface area contributed by atoms with Crippen LogP contribution in [0.5, 0.6) is 0 Å². The van der Waals surface area contributed by atoms with Crippen LogP contribution in [0.3, 0.4) is 0 Å². The quantitative estimate of drug-likeness (QED) is 0.456. The first-order valence-electron chi connectivity index (χ1n) is 9.09. The smallest absolute Gasteiger partial charge is 0.247 e. The molecule has 4 rings (SSSR count). The van der Waals surface area contributed by atoms with Gasteiger partial charge in [-0.1, -0.05) is 17.3 Å². The maximum absolute atomic E-state index is 12.4. The second-order valence-corrected chi connectivity index (χ2v) is 10.9. The van der Waals surface area contributed by atoms with Crippen molar-refractivity contribution in [1.82, 2.24) is 25.0 Å². The summed E-state index contributed by atoms with van der Waals surface area (Å²) in [6.07, 6.45) is 2.79. The normalized spacial score (nSPS) is 11.6. The van der Waals surface area contributed by atoms with Gasteiger partial charge in [-0.3, -0.25) is 4.79 Å². The maximum Gasteiger partial charge on any atom is 0.247 e. The highest BCUT2D eigenvalue weighted by Crippen LogP contribution is 2.32. The molecule has 0 aliphatic heterocycles. The molecule has 0 spiro atoms. The first-order valence-corrected chi connectivity index (χ1v) is 12.7. The fourth-order valence-corrected chi connectivity index (χ4v) is 5.19. The summed E-state index contributed by atoms with van der Waals surface area (Å²) < 4.78 is 24.6. The summed E-state index contributed by atoms with van der Waals surface area (Å²) in [6.45, 7) is 3.86. The van der Waals surface area contributed by atoms with E-state index in [1.54, 1.807) is 29.7 Å². The summed E-state index contributed by atoms with van der Waals surface area (Å²) >= 11 is 2.92. The number of rotatable bonds is 6. The molecule has 12 heteroatoms. The van der Waals surface area contributed by atoms with Crippen molar-refractivity contribution in [3.63, 3.8) is 0 Å². The van der Waals surface area contributed by atoms with Gasteiger partial charge in [0.25, 0.3) is 0 Å². The van der Waals surface area contributed by atoms with Crippen LogP contribution < -0.4 is 5.32 Å². The topological polar surface area (TPSA) is 120 Å². The van der Waals surface area contributed by atoms with Gasteiger partial charge < -0.3 is 5.32 Å². The summed E-state index contributed by atoms with van der Waals surface area (Å²) in [7, 11) is -3.26. The number of amides is 1. The third-order valence-electron chi connectivity index (χ3n) is 4.31. The number of sulfone groups is 1. The number of nitrogens with one attached hydrogen (secondary N) is 1. The minimum Gasteiger partial charge on any atom is -0.300 e. The number of benzene rings is 1. The van der Waals surface area contributed by atoms with E-state index in [-0.39, 0.29) is 17.3 Å². The third-order valence-corrected chi connectivity index (χ3v) is 7.29. The molecule has 3 heterocycles. The Kier molecular flexibility index (Phi) is 5.69. The zero-order valence-electron chi connectivity index (χ0n) is 16.9. The van der Waals surface area contributed by atoms with E-state index >= 15 is 0 Å². The van der Waals surface area contributed by atoms with Crippen molar-refractivity contribution >= 4 is 43.5 Å². The van der Waals surface area contributed by atoms with Crippen LogP contribution in [0.15, 0.2) is 40.7 Å². The maximum atomic E-state index is 12.4. The van der Waals surface area contributed by atoms with Crippen molar-refractivity contribution in [1.29, 1.82) is 0 Å². The van der Waals surface area contributed by atoms with Gasteiger partial charge in [0.05, 0.1) is 32.4 Å². The van der Waals surface area contributed by atoms with Crippen molar-refractivity contribution in [2.75, 3.05) is 11.6 Å². The predicted molar refractivity (Wildman–Crippen MR) is 120 cm³/mol. The Bertz CT molecular complexity index is 1350. The van der Waals surface area contributed by atoms with Crippen LogP contribution in [0.2, 0.25) is 0 Å². The molecule has 0 fully saturated rings. The van der Waals surface area contributed by atoms with Gasteiger partial charge in [0.2, 0.25) is 5.91 Å². The molecule has 0 atom stereocenters. The first-order chi connectivity index (χ1) is 14.7. The molecule has 0 aliphatic rings. The zero-order valence-corrected chi connectivity index (χ0v) is 19.3. The standard InChI is InChI=1S/C19H18N6O3S3/c1-11-18(30-12(2)20-11)16-10-29-19(21-16)22-17(26)9-25-8-15(23-24-25)13-4-6-14(7-5-13)31(3,27)28/h4-8,10H,9H2,1-3H3,(H,21,22,26). The number of thiazole rings is 2. The van der Waals surface area contributed by atoms with E-state index in [0.717, 1.165) is 27.5 Å². The Balaban J connectivity index is 1.41. The average molecular weight is 475 g/mol. The lowest BCUT2D eigenvalue weighted by Crippen LogP contribution is -2.19. The third kappa shape index (κ3) is 4.86. The van der Waals surface area contributed by atoms with Gasteiger partial charge >= 0.3 is 0 Å². The molecule has 31 heavy (non-hydrogen) atoms. The van der Waals surface area contributed by atoms with E-state index < -0.39 is 9.84 Å². The van der Waals surface area contributed by atoms with E-state index in [0.29, 0.717) is 16.4 Å². The molecule has 0 unspecified atom stereocenters. The van der Waals surface area contributed by atoms with Crippen molar-refractivity contribution in [3.8, 4) is 21.8 Å².